The highest BCUT2D eigenvalue weighted by Crippen LogP contribution is 2.29. The molecule has 1 aromatic carbocycles. The van der Waals surface area contributed by atoms with Crippen molar-refractivity contribution in [3.05, 3.63) is 35.2 Å². The first-order valence-corrected chi connectivity index (χ1v) is 5.63. The van der Waals surface area contributed by atoms with Crippen LogP contribution in [-0.2, 0) is 6.42 Å². The third-order valence-corrected chi connectivity index (χ3v) is 3.08. The molecule has 3 nitrogen and oxygen atoms in total. The zero-order valence-corrected chi connectivity index (χ0v) is 9.13. The largest absolute Gasteiger partial charge is 0.375 e. The zero-order valence-electron chi connectivity index (χ0n) is 8.31. The van der Waals surface area contributed by atoms with Crippen LogP contribution in [0.2, 0.25) is 0 Å². The Kier molecular flexibility index (Phi) is 2.99. The van der Waals surface area contributed by atoms with Gasteiger partial charge in [0.25, 0.3) is 0 Å². The molecule has 0 atom stereocenters. The normalized spacial score (nSPS) is 10.5. The predicted octanol–water partition coefficient (Wildman–Crippen LogP) is 1.89. The molecule has 0 radical (unpaired) electrons. The second-order valence-corrected chi connectivity index (χ2v) is 4.34. The number of hydrogen-bond acceptors (Lipinski definition) is 4. The Hall–Kier alpha value is -1.39. The number of anilines is 1. The first-order valence-electron chi connectivity index (χ1n) is 4.82. The fourth-order valence-corrected chi connectivity index (χ4v) is 2.36. The summed E-state index contributed by atoms with van der Waals surface area (Å²) in [6.45, 7) is 0.626. The number of rotatable bonds is 3. The third-order valence-electron chi connectivity index (χ3n) is 2.13. The van der Waals surface area contributed by atoms with Crippen molar-refractivity contribution < 1.29 is 0 Å². The van der Waals surface area contributed by atoms with Gasteiger partial charge in [0.1, 0.15) is 0 Å². The molecule has 0 amide bonds. The van der Waals surface area contributed by atoms with E-state index >= 15 is 0 Å². The fraction of sp³-hybridized carbons (Fsp3) is 0.182. The van der Waals surface area contributed by atoms with Crippen molar-refractivity contribution in [3.63, 3.8) is 0 Å². The van der Waals surface area contributed by atoms with Crippen molar-refractivity contribution in [2.75, 3.05) is 12.3 Å². The summed E-state index contributed by atoms with van der Waals surface area (Å²) in [5, 5.41) is 0.609. The van der Waals surface area contributed by atoms with Gasteiger partial charge in [-0.2, -0.15) is 0 Å². The van der Waals surface area contributed by atoms with Crippen LogP contribution in [0.4, 0.5) is 5.13 Å². The minimum absolute atomic E-state index is 0.609. The molecule has 0 fully saturated rings. The topological polar surface area (TPSA) is 64.9 Å². The highest BCUT2D eigenvalue weighted by atomic mass is 32.1. The maximum Gasteiger partial charge on any atom is 0.180 e. The Morgan fingerprint density at radius 3 is 2.60 bits per heavy atom. The first kappa shape index (κ1) is 10.1. The summed E-state index contributed by atoms with van der Waals surface area (Å²) in [6, 6.07) is 10.1. The number of aromatic nitrogens is 1. The van der Waals surface area contributed by atoms with E-state index in [2.05, 4.69) is 4.98 Å². The number of nitrogens with zero attached hydrogens (tertiary/aromatic N) is 1. The Morgan fingerprint density at radius 1 is 1.20 bits per heavy atom. The molecule has 0 aliphatic rings. The van der Waals surface area contributed by atoms with Gasteiger partial charge in [-0.15, -0.1) is 11.3 Å². The van der Waals surface area contributed by atoms with Crippen LogP contribution in [0.5, 0.6) is 0 Å². The lowest BCUT2D eigenvalue weighted by molar-refractivity contribution is 0.986. The van der Waals surface area contributed by atoms with Gasteiger partial charge in [0.15, 0.2) is 5.13 Å². The van der Waals surface area contributed by atoms with Crippen LogP contribution in [0.1, 0.15) is 4.88 Å². The average Bonchev–Trinajstić information content (AvgIpc) is 2.62. The molecule has 0 spiro atoms. The van der Waals surface area contributed by atoms with E-state index in [-0.39, 0.29) is 0 Å². The van der Waals surface area contributed by atoms with Crippen LogP contribution < -0.4 is 11.5 Å². The van der Waals surface area contributed by atoms with Crippen LogP contribution in [0.3, 0.4) is 0 Å². The third kappa shape index (κ3) is 2.16. The maximum absolute atomic E-state index is 5.71. The second-order valence-electron chi connectivity index (χ2n) is 3.23. The Labute approximate surface area is 92.8 Å². The van der Waals surface area contributed by atoms with Crippen LogP contribution in [0.15, 0.2) is 30.3 Å². The molecule has 0 bridgehead atoms. The van der Waals surface area contributed by atoms with Gasteiger partial charge in [0.05, 0.1) is 5.69 Å². The van der Waals surface area contributed by atoms with Gasteiger partial charge in [-0.1, -0.05) is 30.3 Å². The number of hydrogen-bond donors (Lipinski definition) is 2. The molecule has 1 heterocycles. The van der Waals surface area contributed by atoms with E-state index < -0.39 is 0 Å². The standard InChI is InChI=1S/C11H13N3S/c12-7-6-9-10(14-11(13)15-9)8-4-2-1-3-5-8/h1-5H,6-7,12H2,(H2,13,14). The van der Waals surface area contributed by atoms with Crippen LogP contribution >= 0.6 is 11.3 Å². The molecule has 1 aromatic heterocycles. The van der Waals surface area contributed by atoms with E-state index in [1.165, 1.54) is 16.2 Å². The van der Waals surface area contributed by atoms with E-state index in [9.17, 15) is 0 Å². The molecule has 0 unspecified atom stereocenters. The summed E-state index contributed by atoms with van der Waals surface area (Å²) in [5.41, 5.74) is 13.3. The summed E-state index contributed by atoms with van der Waals surface area (Å²) in [5.74, 6) is 0. The van der Waals surface area contributed by atoms with Crippen molar-refractivity contribution in [1.82, 2.24) is 4.98 Å². The number of nitrogen functional groups attached to an aromatic ring is 1. The minimum atomic E-state index is 0.609. The van der Waals surface area contributed by atoms with Gasteiger partial charge >= 0.3 is 0 Å². The monoisotopic (exact) mass is 219 g/mol. The molecule has 0 aliphatic carbocycles. The van der Waals surface area contributed by atoms with Gasteiger partial charge in [-0.05, 0) is 13.0 Å². The smallest absolute Gasteiger partial charge is 0.180 e. The number of nitrogens with two attached hydrogens (primary N) is 2. The second kappa shape index (κ2) is 4.42. The lowest BCUT2D eigenvalue weighted by Gasteiger charge is -1.99. The fourth-order valence-electron chi connectivity index (χ4n) is 1.49. The lowest BCUT2D eigenvalue weighted by atomic mass is 10.1. The number of benzene rings is 1. The summed E-state index contributed by atoms with van der Waals surface area (Å²) >= 11 is 1.52. The van der Waals surface area contributed by atoms with Crippen molar-refractivity contribution in [2.24, 2.45) is 5.73 Å². The van der Waals surface area contributed by atoms with Gasteiger partial charge < -0.3 is 11.5 Å². The van der Waals surface area contributed by atoms with E-state index in [0.717, 1.165) is 17.7 Å². The highest BCUT2D eigenvalue weighted by Gasteiger charge is 2.10. The lowest BCUT2D eigenvalue weighted by Crippen LogP contribution is -2.02. The molecule has 2 rings (SSSR count). The summed E-state index contributed by atoms with van der Waals surface area (Å²) < 4.78 is 0. The van der Waals surface area contributed by atoms with Gasteiger partial charge in [0, 0.05) is 10.4 Å². The molecule has 4 N–H and O–H groups in total. The van der Waals surface area contributed by atoms with Crippen molar-refractivity contribution in [1.29, 1.82) is 0 Å². The van der Waals surface area contributed by atoms with Crippen LogP contribution in [0.25, 0.3) is 11.3 Å². The minimum Gasteiger partial charge on any atom is -0.375 e. The van der Waals surface area contributed by atoms with E-state index in [1.54, 1.807) is 0 Å². The molecule has 78 valence electrons. The molecule has 0 aliphatic heterocycles. The Bertz CT molecular complexity index is 436. The summed E-state index contributed by atoms with van der Waals surface area (Å²) in [4.78, 5) is 5.51. The highest BCUT2D eigenvalue weighted by molar-refractivity contribution is 7.15. The SMILES string of the molecule is NCCc1sc(N)nc1-c1ccccc1. The van der Waals surface area contributed by atoms with Crippen molar-refractivity contribution in [2.45, 2.75) is 6.42 Å². The van der Waals surface area contributed by atoms with E-state index in [0.29, 0.717) is 11.7 Å². The molecule has 2 aromatic rings. The molecule has 0 saturated carbocycles. The van der Waals surface area contributed by atoms with Gasteiger partial charge in [0.2, 0.25) is 0 Å². The quantitative estimate of drug-likeness (QED) is 0.828. The average molecular weight is 219 g/mol. The first-order chi connectivity index (χ1) is 7.31. The summed E-state index contributed by atoms with van der Waals surface area (Å²) in [6.07, 6.45) is 0.832. The molecular weight excluding hydrogens is 206 g/mol. The van der Waals surface area contributed by atoms with E-state index in [1.807, 2.05) is 30.3 Å². The van der Waals surface area contributed by atoms with Gasteiger partial charge in [-0.25, -0.2) is 4.98 Å². The summed E-state index contributed by atoms with van der Waals surface area (Å²) in [7, 11) is 0. The van der Waals surface area contributed by atoms with Crippen LogP contribution in [-0.4, -0.2) is 11.5 Å². The zero-order chi connectivity index (χ0) is 10.7. The number of thiazole rings is 1. The maximum atomic E-state index is 5.71. The van der Waals surface area contributed by atoms with Gasteiger partial charge in [-0.3, -0.25) is 0 Å². The van der Waals surface area contributed by atoms with Crippen molar-refractivity contribution in [3.8, 4) is 11.3 Å². The van der Waals surface area contributed by atoms with Crippen LogP contribution in [0, 0.1) is 0 Å². The van der Waals surface area contributed by atoms with Crippen molar-refractivity contribution >= 4 is 16.5 Å². The molecule has 4 heteroatoms. The Balaban J connectivity index is 2.43. The molecule has 0 saturated heterocycles. The molecule has 15 heavy (non-hydrogen) atoms. The van der Waals surface area contributed by atoms with E-state index in [4.69, 9.17) is 11.5 Å². The predicted molar refractivity (Wildman–Crippen MR) is 64.7 cm³/mol. The molecular formula is C11H13N3S. The Morgan fingerprint density at radius 2 is 1.93 bits per heavy atom.